The van der Waals surface area contributed by atoms with E-state index in [1.807, 2.05) is 69.3 Å². The summed E-state index contributed by atoms with van der Waals surface area (Å²) in [5, 5.41) is 6.62. The molecule has 1 aliphatic heterocycles. The number of nitrogens with zero attached hydrogens (tertiary/aromatic N) is 1. The van der Waals surface area contributed by atoms with E-state index in [2.05, 4.69) is 10.6 Å². The standard InChI is InChI=1S/C24H31N3O3/c1-4-30-24(29)27-14-12-20(13-15-27)25-22(19-8-6-5-7-9-19)23(28)26-21-16-17(2)10-11-18(21)3/h5-11,16,20,22,25H,4,12-15H2,1-3H3,(H,26,28)/t22-/m1/s1. The minimum absolute atomic E-state index is 0.0808. The van der Waals surface area contributed by atoms with Crippen LogP contribution in [0.25, 0.3) is 0 Å². The number of benzene rings is 2. The molecule has 2 aromatic carbocycles. The molecular formula is C24H31N3O3. The Bertz CT molecular complexity index is 861. The second kappa shape index (κ2) is 10.3. The van der Waals surface area contributed by atoms with Gasteiger partial charge in [-0.3, -0.25) is 10.1 Å². The number of hydrogen-bond acceptors (Lipinski definition) is 4. The fraction of sp³-hybridized carbons (Fsp3) is 0.417. The van der Waals surface area contributed by atoms with Crippen molar-refractivity contribution in [2.24, 2.45) is 0 Å². The van der Waals surface area contributed by atoms with Crippen LogP contribution in [-0.4, -0.2) is 42.6 Å². The molecule has 1 atom stereocenters. The first kappa shape index (κ1) is 21.8. The van der Waals surface area contributed by atoms with Gasteiger partial charge in [0.15, 0.2) is 0 Å². The third-order valence-corrected chi connectivity index (χ3v) is 5.47. The number of anilines is 1. The molecule has 0 saturated carbocycles. The number of rotatable bonds is 6. The van der Waals surface area contributed by atoms with E-state index >= 15 is 0 Å². The molecule has 0 spiro atoms. The molecule has 2 amide bonds. The van der Waals surface area contributed by atoms with Crippen LogP contribution >= 0.6 is 0 Å². The van der Waals surface area contributed by atoms with Crippen molar-refractivity contribution in [2.45, 2.75) is 45.7 Å². The Morgan fingerprint density at radius 2 is 1.80 bits per heavy atom. The van der Waals surface area contributed by atoms with Crippen LogP contribution in [0.4, 0.5) is 10.5 Å². The SMILES string of the molecule is CCOC(=O)N1CCC(N[C@@H](C(=O)Nc2cc(C)ccc2C)c2ccccc2)CC1. The average Bonchev–Trinajstić information content (AvgIpc) is 2.75. The maximum absolute atomic E-state index is 13.2. The van der Waals surface area contributed by atoms with E-state index in [0.29, 0.717) is 19.7 Å². The molecule has 0 unspecified atom stereocenters. The van der Waals surface area contributed by atoms with Crippen molar-refractivity contribution in [2.75, 3.05) is 25.0 Å². The molecule has 1 fully saturated rings. The number of likely N-dealkylation sites (tertiary alicyclic amines) is 1. The largest absolute Gasteiger partial charge is 0.450 e. The van der Waals surface area contributed by atoms with Crippen molar-refractivity contribution in [3.8, 4) is 0 Å². The first-order valence-electron chi connectivity index (χ1n) is 10.6. The van der Waals surface area contributed by atoms with Crippen LogP contribution in [0.3, 0.4) is 0 Å². The summed E-state index contributed by atoms with van der Waals surface area (Å²) >= 11 is 0. The highest BCUT2D eigenvalue weighted by molar-refractivity contribution is 5.96. The topological polar surface area (TPSA) is 70.7 Å². The zero-order chi connectivity index (χ0) is 21.5. The number of aryl methyl sites for hydroxylation is 2. The first-order valence-corrected chi connectivity index (χ1v) is 10.6. The Morgan fingerprint density at radius 1 is 1.10 bits per heavy atom. The van der Waals surface area contributed by atoms with Gasteiger partial charge in [-0.15, -0.1) is 0 Å². The summed E-state index contributed by atoms with van der Waals surface area (Å²) in [5.74, 6) is -0.0808. The molecule has 0 aromatic heterocycles. The fourth-order valence-electron chi connectivity index (χ4n) is 3.72. The lowest BCUT2D eigenvalue weighted by atomic mass is 10.00. The molecule has 6 nitrogen and oxygen atoms in total. The van der Waals surface area contributed by atoms with Gasteiger partial charge in [0.05, 0.1) is 6.61 Å². The minimum Gasteiger partial charge on any atom is -0.450 e. The normalized spacial score (nSPS) is 15.5. The van der Waals surface area contributed by atoms with E-state index < -0.39 is 6.04 Å². The Morgan fingerprint density at radius 3 is 2.47 bits per heavy atom. The van der Waals surface area contributed by atoms with Gasteiger partial charge in [0, 0.05) is 24.8 Å². The lowest BCUT2D eigenvalue weighted by Crippen LogP contribution is -2.47. The van der Waals surface area contributed by atoms with E-state index in [0.717, 1.165) is 35.2 Å². The molecule has 6 heteroatoms. The number of carbonyl (C=O) groups excluding carboxylic acids is 2. The molecule has 0 aliphatic carbocycles. The lowest BCUT2D eigenvalue weighted by Gasteiger charge is -2.34. The van der Waals surface area contributed by atoms with Gasteiger partial charge in [0.1, 0.15) is 6.04 Å². The molecule has 2 aromatic rings. The third kappa shape index (κ3) is 5.60. The number of nitrogens with one attached hydrogen (secondary N) is 2. The summed E-state index contributed by atoms with van der Waals surface area (Å²) in [4.78, 5) is 26.9. The van der Waals surface area contributed by atoms with Gasteiger partial charge in [-0.1, -0.05) is 42.5 Å². The monoisotopic (exact) mass is 409 g/mol. The Kier molecular flexibility index (Phi) is 7.46. The predicted octanol–water partition coefficient (Wildman–Crippen LogP) is 4.19. The van der Waals surface area contributed by atoms with Crippen LogP contribution in [0.1, 0.15) is 42.5 Å². The lowest BCUT2D eigenvalue weighted by molar-refractivity contribution is -0.118. The molecule has 1 aliphatic rings. The van der Waals surface area contributed by atoms with E-state index in [9.17, 15) is 9.59 Å². The summed E-state index contributed by atoms with van der Waals surface area (Å²) in [6.45, 7) is 7.44. The van der Waals surface area contributed by atoms with Crippen LogP contribution < -0.4 is 10.6 Å². The predicted molar refractivity (Wildman–Crippen MR) is 118 cm³/mol. The summed E-state index contributed by atoms with van der Waals surface area (Å²) < 4.78 is 5.09. The maximum atomic E-state index is 13.2. The molecule has 1 saturated heterocycles. The number of piperidine rings is 1. The van der Waals surface area contributed by atoms with Gasteiger partial charge < -0.3 is 15.0 Å². The maximum Gasteiger partial charge on any atom is 0.409 e. The average molecular weight is 410 g/mol. The summed E-state index contributed by atoms with van der Waals surface area (Å²) in [7, 11) is 0. The molecule has 0 bridgehead atoms. The second-order valence-corrected chi connectivity index (χ2v) is 7.78. The van der Waals surface area contributed by atoms with E-state index in [1.165, 1.54) is 0 Å². The van der Waals surface area contributed by atoms with Gasteiger partial charge in [0.2, 0.25) is 5.91 Å². The first-order chi connectivity index (χ1) is 14.5. The van der Waals surface area contributed by atoms with Crippen LogP contribution in [-0.2, 0) is 9.53 Å². The molecule has 30 heavy (non-hydrogen) atoms. The highest BCUT2D eigenvalue weighted by Crippen LogP contribution is 2.22. The van der Waals surface area contributed by atoms with Crippen LogP contribution in [0.5, 0.6) is 0 Å². The smallest absolute Gasteiger partial charge is 0.409 e. The highest BCUT2D eigenvalue weighted by atomic mass is 16.6. The summed E-state index contributed by atoms with van der Waals surface area (Å²) in [5.41, 5.74) is 3.89. The van der Waals surface area contributed by atoms with Gasteiger partial charge >= 0.3 is 6.09 Å². The number of ether oxygens (including phenoxy) is 1. The van der Waals surface area contributed by atoms with Crippen LogP contribution in [0.2, 0.25) is 0 Å². The number of hydrogen-bond donors (Lipinski definition) is 2. The van der Waals surface area contributed by atoms with Crippen molar-refractivity contribution in [1.82, 2.24) is 10.2 Å². The fourth-order valence-corrected chi connectivity index (χ4v) is 3.72. The Hall–Kier alpha value is -2.86. The second-order valence-electron chi connectivity index (χ2n) is 7.78. The zero-order valence-electron chi connectivity index (χ0n) is 18.0. The van der Waals surface area contributed by atoms with Crippen LogP contribution in [0.15, 0.2) is 48.5 Å². The van der Waals surface area contributed by atoms with Gasteiger partial charge in [-0.2, -0.15) is 0 Å². The van der Waals surface area contributed by atoms with Gasteiger partial charge in [0.25, 0.3) is 0 Å². The molecule has 160 valence electrons. The molecule has 1 heterocycles. The van der Waals surface area contributed by atoms with E-state index in [4.69, 9.17) is 4.74 Å². The minimum atomic E-state index is -0.467. The molecular weight excluding hydrogens is 378 g/mol. The third-order valence-electron chi connectivity index (χ3n) is 5.47. The van der Waals surface area contributed by atoms with Crippen LogP contribution in [0, 0.1) is 13.8 Å². The van der Waals surface area contributed by atoms with Crippen molar-refractivity contribution >= 4 is 17.7 Å². The summed E-state index contributed by atoms with van der Waals surface area (Å²) in [6.07, 6.45) is 1.29. The Balaban J connectivity index is 1.70. The number of carbonyl (C=O) groups is 2. The van der Waals surface area contributed by atoms with Crippen molar-refractivity contribution in [3.05, 3.63) is 65.2 Å². The van der Waals surface area contributed by atoms with Crippen molar-refractivity contribution in [3.63, 3.8) is 0 Å². The van der Waals surface area contributed by atoms with E-state index in [-0.39, 0.29) is 18.0 Å². The molecule has 3 rings (SSSR count). The molecule has 0 radical (unpaired) electrons. The number of amides is 2. The van der Waals surface area contributed by atoms with E-state index in [1.54, 1.807) is 4.90 Å². The van der Waals surface area contributed by atoms with Gasteiger partial charge in [-0.05, 0) is 56.4 Å². The van der Waals surface area contributed by atoms with Gasteiger partial charge in [-0.25, -0.2) is 4.79 Å². The quantitative estimate of drug-likeness (QED) is 0.750. The summed E-state index contributed by atoms with van der Waals surface area (Å²) in [6, 6.07) is 15.5. The van der Waals surface area contributed by atoms with Crippen molar-refractivity contribution < 1.29 is 14.3 Å². The Labute approximate surface area is 178 Å². The molecule has 2 N–H and O–H groups in total. The van der Waals surface area contributed by atoms with Crippen molar-refractivity contribution in [1.29, 1.82) is 0 Å². The zero-order valence-corrected chi connectivity index (χ0v) is 18.0. The highest BCUT2D eigenvalue weighted by Gasteiger charge is 2.28.